The van der Waals surface area contributed by atoms with E-state index in [1.807, 2.05) is 49.4 Å². The van der Waals surface area contributed by atoms with Crippen LogP contribution in [0.3, 0.4) is 0 Å². The number of ether oxygens (including phenoxy) is 1. The molecule has 1 saturated heterocycles. The molecule has 162 valence electrons. The lowest BCUT2D eigenvalue weighted by molar-refractivity contribution is -0.00976. The lowest BCUT2D eigenvalue weighted by Crippen LogP contribution is -2.49. The summed E-state index contributed by atoms with van der Waals surface area (Å²) in [4.78, 5) is 0. The van der Waals surface area contributed by atoms with Crippen LogP contribution in [0.1, 0.15) is 22.6 Å². The summed E-state index contributed by atoms with van der Waals surface area (Å²) < 4.78 is 49.7. The lowest BCUT2D eigenvalue weighted by atomic mass is 9.86. The fourth-order valence-electron chi connectivity index (χ4n) is 3.86. The molecule has 7 heteroatoms. The Hall–Kier alpha value is -2.74. The van der Waals surface area contributed by atoms with E-state index in [4.69, 9.17) is 4.74 Å². The molecule has 1 aliphatic rings. The predicted molar refractivity (Wildman–Crippen MR) is 120 cm³/mol. The molecule has 2 atom stereocenters. The maximum atomic E-state index is 13.5. The highest BCUT2D eigenvalue weighted by molar-refractivity contribution is 7.90. The SMILES string of the molecule is Cc1ccc(NS(=O)(=O)N2CCOC(C(c3ccccc3)c3ccc(F)cc3)C2)cc1. The highest BCUT2D eigenvalue weighted by Crippen LogP contribution is 2.32. The van der Waals surface area contributed by atoms with Crippen LogP contribution < -0.4 is 4.72 Å². The number of morpholine rings is 1. The molecule has 0 spiro atoms. The zero-order valence-electron chi connectivity index (χ0n) is 17.2. The molecular formula is C24H25FN2O3S. The Balaban J connectivity index is 1.59. The summed E-state index contributed by atoms with van der Waals surface area (Å²) in [6, 6.07) is 23.3. The number of anilines is 1. The summed E-state index contributed by atoms with van der Waals surface area (Å²) in [6.45, 7) is 2.69. The average molecular weight is 441 g/mol. The normalized spacial score (nSPS) is 18.5. The molecule has 31 heavy (non-hydrogen) atoms. The van der Waals surface area contributed by atoms with Gasteiger partial charge in [0.25, 0.3) is 0 Å². The van der Waals surface area contributed by atoms with E-state index >= 15 is 0 Å². The van der Waals surface area contributed by atoms with Crippen LogP contribution in [-0.2, 0) is 14.9 Å². The zero-order valence-corrected chi connectivity index (χ0v) is 18.1. The Morgan fingerprint density at radius 1 is 0.968 bits per heavy atom. The number of hydrogen-bond donors (Lipinski definition) is 1. The van der Waals surface area contributed by atoms with E-state index in [1.54, 1.807) is 24.3 Å². The Bertz CT molecular complexity index is 1100. The number of aryl methyl sites for hydroxylation is 1. The number of rotatable bonds is 6. The van der Waals surface area contributed by atoms with Crippen LogP contribution in [0.4, 0.5) is 10.1 Å². The molecule has 0 saturated carbocycles. The van der Waals surface area contributed by atoms with Crippen LogP contribution in [0, 0.1) is 12.7 Å². The molecule has 5 nitrogen and oxygen atoms in total. The van der Waals surface area contributed by atoms with Crippen molar-refractivity contribution in [3.8, 4) is 0 Å². The summed E-state index contributed by atoms with van der Waals surface area (Å²) in [5, 5.41) is 0. The van der Waals surface area contributed by atoms with Crippen molar-refractivity contribution in [2.75, 3.05) is 24.4 Å². The van der Waals surface area contributed by atoms with E-state index in [0.717, 1.165) is 16.7 Å². The van der Waals surface area contributed by atoms with Gasteiger partial charge >= 0.3 is 10.2 Å². The standard InChI is InChI=1S/C24H25FN2O3S/c1-18-7-13-22(14-8-18)26-31(28,29)27-15-16-30-23(17-27)24(19-5-3-2-4-6-19)20-9-11-21(25)12-10-20/h2-14,23-24,26H,15-17H2,1H3. The van der Waals surface area contributed by atoms with E-state index < -0.39 is 16.3 Å². The van der Waals surface area contributed by atoms with E-state index in [9.17, 15) is 12.8 Å². The second-order valence-corrected chi connectivity index (χ2v) is 9.35. The maximum Gasteiger partial charge on any atom is 0.301 e. The largest absolute Gasteiger partial charge is 0.374 e. The van der Waals surface area contributed by atoms with Crippen LogP contribution >= 0.6 is 0 Å². The number of halogens is 1. The van der Waals surface area contributed by atoms with Gasteiger partial charge in [0.1, 0.15) is 5.82 Å². The van der Waals surface area contributed by atoms with E-state index in [0.29, 0.717) is 5.69 Å². The first-order valence-corrected chi connectivity index (χ1v) is 11.6. The van der Waals surface area contributed by atoms with E-state index in [1.165, 1.54) is 16.4 Å². The van der Waals surface area contributed by atoms with Crippen LogP contribution in [-0.4, -0.2) is 38.5 Å². The molecule has 1 aliphatic heterocycles. The summed E-state index contributed by atoms with van der Waals surface area (Å²) >= 11 is 0. The molecule has 1 heterocycles. The van der Waals surface area contributed by atoms with Crippen molar-refractivity contribution < 1.29 is 17.5 Å². The fraction of sp³-hybridized carbons (Fsp3) is 0.250. The number of hydrogen-bond acceptors (Lipinski definition) is 3. The number of nitrogens with one attached hydrogen (secondary N) is 1. The van der Waals surface area contributed by atoms with Gasteiger partial charge in [-0.05, 0) is 42.3 Å². The minimum Gasteiger partial charge on any atom is -0.374 e. The summed E-state index contributed by atoms with van der Waals surface area (Å²) in [5.41, 5.74) is 3.44. The maximum absolute atomic E-state index is 13.5. The van der Waals surface area contributed by atoms with Crippen molar-refractivity contribution in [2.45, 2.75) is 18.9 Å². The van der Waals surface area contributed by atoms with Crippen LogP contribution in [0.2, 0.25) is 0 Å². The topological polar surface area (TPSA) is 58.6 Å². The second-order valence-electron chi connectivity index (χ2n) is 7.68. The molecule has 1 fully saturated rings. The van der Waals surface area contributed by atoms with Gasteiger partial charge in [0, 0.05) is 24.7 Å². The predicted octanol–water partition coefficient (Wildman–Crippen LogP) is 4.32. The molecule has 0 aromatic heterocycles. The number of nitrogens with zero attached hydrogens (tertiary/aromatic N) is 1. The lowest BCUT2D eigenvalue weighted by Gasteiger charge is -2.36. The molecule has 4 rings (SSSR count). The van der Waals surface area contributed by atoms with E-state index in [2.05, 4.69) is 4.72 Å². The minimum atomic E-state index is -3.74. The third-order valence-electron chi connectivity index (χ3n) is 5.45. The van der Waals surface area contributed by atoms with Crippen molar-refractivity contribution in [3.63, 3.8) is 0 Å². The van der Waals surface area contributed by atoms with Crippen molar-refractivity contribution in [1.82, 2.24) is 4.31 Å². The van der Waals surface area contributed by atoms with Crippen molar-refractivity contribution >= 4 is 15.9 Å². The third-order valence-corrected chi connectivity index (χ3v) is 6.96. The van der Waals surface area contributed by atoms with Crippen molar-refractivity contribution in [3.05, 3.63) is 101 Å². The van der Waals surface area contributed by atoms with Gasteiger partial charge in [0.05, 0.1) is 12.7 Å². The fourth-order valence-corrected chi connectivity index (χ4v) is 5.08. The van der Waals surface area contributed by atoms with Gasteiger partial charge in [0.15, 0.2) is 0 Å². The monoisotopic (exact) mass is 440 g/mol. The molecule has 3 aromatic carbocycles. The summed E-state index contributed by atoms with van der Waals surface area (Å²) in [7, 11) is -3.74. The van der Waals surface area contributed by atoms with Crippen LogP contribution in [0.25, 0.3) is 0 Å². The number of benzene rings is 3. The Labute approximate surface area is 182 Å². The van der Waals surface area contributed by atoms with Gasteiger partial charge in [-0.1, -0.05) is 60.2 Å². The first-order chi connectivity index (χ1) is 14.9. The molecule has 0 aliphatic carbocycles. The molecule has 2 unspecified atom stereocenters. The van der Waals surface area contributed by atoms with Crippen molar-refractivity contribution in [2.24, 2.45) is 0 Å². The second kappa shape index (κ2) is 9.18. The van der Waals surface area contributed by atoms with Gasteiger partial charge in [-0.25, -0.2) is 4.39 Å². The average Bonchev–Trinajstić information content (AvgIpc) is 2.78. The highest BCUT2D eigenvalue weighted by atomic mass is 32.2. The molecule has 1 N–H and O–H groups in total. The van der Waals surface area contributed by atoms with Gasteiger partial charge in [0.2, 0.25) is 0 Å². The van der Waals surface area contributed by atoms with Gasteiger partial charge in [-0.3, -0.25) is 4.72 Å². The van der Waals surface area contributed by atoms with Crippen molar-refractivity contribution in [1.29, 1.82) is 0 Å². The molecule has 0 radical (unpaired) electrons. The smallest absolute Gasteiger partial charge is 0.301 e. The molecule has 0 bridgehead atoms. The first kappa shape index (κ1) is 21.5. The molecule has 0 amide bonds. The van der Waals surface area contributed by atoms with Crippen LogP contribution in [0.15, 0.2) is 78.9 Å². The molecular weight excluding hydrogens is 415 g/mol. The minimum absolute atomic E-state index is 0.193. The van der Waals surface area contributed by atoms with Gasteiger partial charge < -0.3 is 4.74 Å². The Kier molecular flexibility index (Phi) is 6.36. The Morgan fingerprint density at radius 3 is 2.29 bits per heavy atom. The van der Waals surface area contributed by atoms with Crippen LogP contribution in [0.5, 0.6) is 0 Å². The highest BCUT2D eigenvalue weighted by Gasteiger charge is 2.35. The van der Waals surface area contributed by atoms with E-state index in [-0.39, 0.29) is 31.4 Å². The first-order valence-electron chi connectivity index (χ1n) is 10.2. The third kappa shape index (κ3) is 5.12. The quantitative estimate of drug-likeness (QED) is 0.621. The zero-order chi connectivity index (χ0) is 21.8. The van der Waals surface area contributed by atoms with Gasteiger partial charge in [-0.15, -0.1) is 0 Å². The summed E-state index contributed by atoms with van der Waals surface area (Å²) in [5.74, 6) is -0.536. The van der Waals surface area contributed by atoms with Gasteiger partial charge in [-0.2, -0.15) is 12.7 Å². The summed E-state index contributed by atoms with van der Waals surface area (Å²) in [6.07, 6.45) is -0.406. The molecule has 3 aromatic rings. The Morgan fingerprint density at radius 2 is 1.61 bits per heavy atom.